The number of pyridine rings is 1. The number of amides is 1. The topological polar surface area (TPSA) is 63.2 Å². The average molecular weight is 372 g/mol. The molecule has 0 aliphatic carbocycles. The molecule has 0 bridgehead atoms. The molecule has 132 valence electrons. The van der Waals surface area contributed by atoms with Crippen LogP contribution in [0.5, 0.6) is 5.75 Å². The van der Waals surface area contributed by atoms with Crippen LogP contribution in [0.25, 0.3) is 0 Å². The van der Waals surface area contributed by atoms with E-state index in [-0.39, 0.29) is 5.69 Å². The van der Waals surface area contributed by atoms with E-state index in [1.54, 1.807) is 37.4 Å². The number of halogens is 2. The van der Waals surface area contributed by atoms with Gasteiger partial charge in [-0.1, -0.05) is 17.7 Å². The zero-order chi connectivity index (χ0) is 18.5. The summed E-state index contributed by atoms with van der Waals surface area (Å²) < 4.78 is 18.3. The van der Waals surface area contributed by atoms with Crippen LogP contribution in [0, 0.1) is 5.82 Å². The quantitative estimate of drug-likeness (QED) is 0.671. The lowest BCUT2D eigenvalue weighted by atomic mass is 10.2. The second-order valence-electron chi connectivity index (χ2n) is 5.37. The SMILES string of the molecule is COc1ccc(Nc2ccc(C(=O)Nc3cccc(F)c3)nc2)cc1Cl. The van der Waals surface area contributed by atoms with Gasteiger partial charge in [-0.25, -0.2) is 9.37 Å². The van der Waals surface area contributed by atoms with Gasteiger partial charge in [-0.15, -0.1) is 0 Å². The van der Waals surface area contributed by atoms with E-state index in [1.807, 2.05) is 6.07 Å². The molecule has 2 N–H and O–H groups in total. The minimum atomic E-state index is -0.423. The number of nitrogens with one attached hydrogen (secondary N) is 2. The summed E-state index contributed by atoms with van der Waals surface area (Å²) in [5, 5.41) is 6.21. The van der Waals surface area contributed by atoms with Gasteiger partial charge in [-0.05, 0) is 48.5 Å². The zero-order valence-electron chi connectivity index (χ0n) is 13.8. The Kier molecular flexibility index (Phi) is 5.34. The molecule has 0 unspecified atom stereocenters. The minimum Gasteiger partial charge on any atom is -0.495 e. The number of nitrogens with zero attached hydrogens (tertiary/aromatic N) is 1. The standard InChI is InChI=1S/C19H15ClFN3O2/c1-26-18-8-6-14(10-16(18)20)23-15-5-7-17(22-11-15)19(25)24-13-4-2-3-12(21)9-13/h2-11,23H,1H3,(H,24,25). The maximum absolute atomic E-state index is 13.2. The average Bonchev–Trinajstić information content (AvgIpc) is 2.62. The molecule has 26 heavy (non-hydrogen) atoms. The van der Waals surface area contributed by atoms with Crippen molar-refractivity contribution in [2.24, 2.45) is 0 Å². The molecule has 0 saturated heterocycles. The van der Waals surface area contributed by atoms with Crippen LogP contribution in [-0.4, -0.2) is 18.0 Å². The molecule has 1 amide bonds. The Morgan fingerprint density at radius 1 is 1.08 bits per heavy atom. The van der Waals surface area contributed by atoms with E-state index in [1.165, 1.54) is 24.4 Å². The highest BCUT2D eigenvalue weighted by Crippen LogP contribution is 2.28. The molecular weight excluding hydrogens is 357 g/mol. The van der Waals surface area contributed by atoms with Gasteiger partial charge in [0.15, 0.2) is 0 Å². The van der Waals surface area contributed by atoms with E-state index >= 15 is 0 Å². The first-order valence-corrected chi connectivity index (χ1v) is 8.06. The largest absolute Gasteiger partial charge is 0.495 e. The molecule has 0 aliphatic rings. The van der Waals surface area contributed by atoms with E-state index in [0.717, 1.165) is 5.69 Å². The van der Waals surface area contributed by atoms with Crippen molar-refractivity contribution in [1.82, 2.24) is 4.98 Å². The highest BCUT2D eigenvalue weighted by atomic mass is 35.5. The number of hydrogen-bond acceptors (Lipinski definition) is 4. The van der Waals surface area contributed by atoms with Crippen molar-refractivity contribution < 1.29 is 13.9 Å². The second-order valence-corrected chi connectivity index (χ2v) is 5.78. The molecule has 1 aromatic heterocycles. The Labute approximate surface area is 154 Å². The first-order valence-electron chi connectivity index (χ1n) is 7.69. The summed E-state index contributed by atoms with van der Waals surface area (Å²) >= 11 is 6.09. The van der Waals surface area contributed by atoms with Crippen LogP contribution in [-0.2, 0) is 0 Å². The Hall–Kier alpha value is -3.12. The predicted molar refractivity (Wildman–Crippen MR) is 99.9 cm³/mol. The Balaban J connectivity index is 1.68. The number of rotatable bonds is 5. The molecule has 1 heterocycles. The van der Waals surface area contributed by atoms with Gasteiger partial charge in [0.25, 0.3) is 5.91 Å². The lowest BCUT2D eigenvalue weighted by molar-refractivity contribution is 0.102. The van der Waals surface area contributed by atoms with Crippen molar-refractivity contribution >= 4 is 34.6 Å². The van der Waals surface area contributed by atoms with Crippen LogP contribution < -0.4 is 15.4 Å². The third-order valence-electron chi connectivity index (χ3n) is 3.52. The molecule has 2 aromatic carbocycles. The van der Waals surface area contributed by atoms with E-state index in [2.05, 4.69) is 15.6 Å². The van der Waals surface area contributed by atoms with Crippen LogP contribution in [0.4, 0.5) is 21.5 Å². The third kappa shape index (κ3) is 4.29. The fourth-order valence-corrected chi connectivity index (χ4v) is 2.53. The molecule has 5 nitrogen and oxygen atoms in total. The summed E-state index contributed by atoms with van der Waals surface area (Å²) in [6, 6.07) is 14.2. The highest BCUT2D eigenvalue weighted by molar-refractivity contribution is 6.32. The van der Waals surface area contributed by atoms with Gasteiger partial charge >= 0.3 is 0 Å². The lowest BCUT2D eigenvalue weighted by Gasteiger charge is -2.09. The lowest BCUT2D eigenvalue weighted by Crippen LogP contribution is -2.13. The summed E-state index contributed by atoms with van der Waals surface area (Å²) in [4.78, 5) is 16.3. The van der Waals surface area contributed by atoms with E-state index in [0.29, 0.717) is 22.1 Å². The van der Waals surface area contributed by atoms with Crippen molar-refractivity contribution in [3.63, 3.8) is 0 Å². The van der Waals surface area contributed by atoms with Gasteiger partial charge in [0.05, 0.1) is 24.0 Å². The number of aromatic nitrogens is 1. The zero-order valence-corrected chi connectivity index (χ0v) is 14.5. The fourth-order valence-electron chi connectivity index (χ4n) is 2.27. The van der Waals surface area contributed by atoms with Crippen LogP contribution in [0.15, 0.2) is 60.8 Å². The van der Waals surface area contributed by atoms with Crippen molar-refractivity contribution in [2.45, 2.75) is 0 Å². The third-order valence-corrected chi connectivity index (χ3v) is 3.81. The number of carbonyl (C=O) groups is 1. The molecule has 3 rings (SSSR count). The maximum atomic E-state index is 13.2. The first kappa shape index (κ1) is 17.7. The first-order chi connectivity index (χ1) is 12.5. The second kappa shape index (κ2) is 7.84. The summed E-state index contributed by atoms with van der Waals surface area (Å²) in [6.07, 6.45) is 1.53. The molecule has 0 atom stereocenters. The van der Waals surface area contributed by atoms with Crippen molar-refractivity contribution in [3.8, 4) is 5.75 Å². The van der Waals surface area contributed by atoms with Gasteiger partial charge < -0.3 is 15.4 Å². The van der Waals surface area contributed by atoms with Crippen LogP contribution in [0.3, 0.4) is 0 Å². The van der Waals surface area contributed by atoms with E-state index < -0.39 is 11.7 Å². The minimum absolute atomic E-state index is 0.215. The van der Waals surface area contributed by atoms with Gasteiger partial charge in [-0.2, -0.15) is 0 Å². The van der Waals surface area contributed by atoms with Gasteiger partial charge in [0.1, 0.15) is 17.3 Å². The number of anilines is 3. The highest BCUT2D eigenvalue weighted by Gasteiger charge is 2.09. The monoisotopic (exact) mass is 371 g/mol. The summed E-state index contributed by atoms with van der Waals surface area (Å²) in [6.45, 7) is 0. The summed E-state index contributed by atoms with van der Waals surface area (Å²) in [5.41, 5.74) is 2.03. The number of methoxy groups -OCH3 is 1. The molecule has 7 heteroatoms. The van der Waals surface area contributed by atoms with Gasteiger partial charge in [0.2, 0.25) is 0 Å². The molecule has 0 aliphatic heterocycles. The van der Waals surface area contributed by atoms with Crippen LogP contribution in [0.1, 0.15) is 10.5 Å². The van der Waals surface area contributed by atoms with Gasteiger partial charge in [-0.3, -0.25) is 4.79 Å². The maximum Gasteiger partial charge on any atom is 0.274 e. The smallest absolute Gasteiger partial charge is 0.274 e. The molecule has 0 fully saturated rings. The van der Waals surface area contributed by atoms with Crippen molar-refractivity contribution in [3.05, 3.63) is 77.3 Å². The molecular formula is C19H15ClFN3O2. The molecule has 0 saturated carbocycles. The Morgan fingerprint density at radius 2 is 1.88 bits per heavy atom. The molecule has 0 radical (unpaired) electrons. The van der Waals surface area contributed by atoms with E-state index in [4.69, 9.17) is 16.3 Å². The summed E-state index contributed by atoms with van der Waals surface area (Å²) in [5.74, 6) is -0.261. The summed E-state index contributed by atoms with van der Waals surface area (Å²) in [7, 11) is 1.55. The molecule has 3 aromatic rings. The number of carbonyl (C=O) groups excluding carboxylic acids is 1. The van der Waals surface area contributed by atoms with Gasteiger partial charge in [0, 0.05) is 11.4 Å². The van der Waals surface area contributed by atoms with Crippen LogP contribution >= 0.6 is 11.6 Å². The van der Waals surface area contributed by atoms with Crippen LogP contribution in [0.2, 0.25) is 5.02 Å². The van der Waals surface area contributed by atoms with E-state index in [9.17, 15) is 9.18 Å². The number of benzene rings is 2. The molecule has 0 spiro atoms. The predicted octanol–water partition coefficient (Wildman–Crippen LogP) is 4.88. The fraction of sp³-hybridized carbons (Fsp3) is 0.0526. The number of hydrogen-bond donors (Lipinski definition) is 2. The normalized spacial score (nSPS) is 10.3. The van der Waals surface area contributed by atoms with Crippen molar-refractivity contribution in [2.75, 3.05) is 17.7 Å². The van der Waals surface area contributed by atoms with Crippen molar-refractivity contribution in [1.29, 1.82) is 0 Å². The Bertz CT molecular complexity index is 932. The Morgan fingerprint density at radius 3 is 2.54 bits per heavy atom. The number of ether oxygens (including phenoxy) is 1.